The highest BCUT2D eigenvalue weighted by Crippen LogP contribution is 2.30. The van der Waals surface area contributed by atoms with Gasteiger partial charge in [-0.25, -0.2) is 4.98 Å². The Morgan fingerprint density at radius 3 is 2.91 bits per heavy atom. The van der Waals surface area contributed by atoms with Crippen LogP contribution in [0.4, 0.5) is 5.69 Å². The summed E-state index contributed by atoms with van der Waals surface area (Å²) >= 11 is 1.76. The first-order valence-electron chi connectivity index (χ1n) is 11.8. The number of rotatable bonds is 6. The summed E-state index contributed by atoms with van der Waals surface area (Å²) in [6.07, 6.45) is 7.90. The molecule has 1 N–H and O–H groups in total. The molecule has 33 heavy (non-hydrogen) atoms. The number of fused-ring (bicyclic) bond motifs is 2. The van der Waals surface area contributed by atoms with E-state index in [1.54, 1.807) is 24.8 Å². The van der Waals surface area contributed by atoms with Crippen LogP contribution in [-0.4, -0.2) is 46.5 Å². The normalized spacial score (nSPS) is 16.7. The molecule has 1 fully saturated rings. The van der Waals surface area contributed by atoms with Crippen LogP contribution in [0.2, 0.25) is 0 Å². The number of hydrogen-bond donors (Lipinski definition) is 1. The zero-order valence-electron chi connectivity index (χ0n) is 19.0. The Hall–Kier alpha value is -2.71. The van der Waals surface area contributed by atoms with Crippen molar-refractivity contribution >= 4 is 39.9 Å². The fourth-order valence-corrected chi connectivity index (χ4v) is 5.89. The average molecular weight is 467 g/mol. The molecule has 2 amide bonds. The Morgan fingerprint density at radius 2 is 2.09 bits per heavy atom. The third-order valence-corrected chi connectivity index (χ3v) is 7.84. The highest BCUT2D eigenvalue weighted by molar-refractivity contribution is 7.10. The van der Waals surface area contributed by atoms with Gasteiger partial charge in [-0.15, -0.1) is 11.3 Å². The summed E-state index contributed by atoms with van der Waals surface area (Å²) in [5.41, 5.74) is 3.96. The topological polar surface area (TPSA) is 76.5 Å². The average Bonchev–Trinajstić information content (AvgIpc) is 3.48. The molecule has 0 radical (unpaired) electrons. The number of hydrogen-bond acceptors (Lipinski definition) is 5. The molecule has 0 bridgehead atoms. The molecular formula is C25H30N4O3S. The molecule has 0 unspecified atom stereocenters. The molecule has 5 rings (SSSR count). The van der Waals surface area contributed by atoms with Gasteiger partial charge in [-0.2, -0.15) is 0 Å². The molecule has 2 aromatic heterocycles. The molecule has 174 valence electrons. The highest BCUT2D eigenvalue weighted by Gasteiger charge is 2.27. The van der Waals surface area contributed by atoms with Crippen molar-refractivity contribution in [3.05, 3.63) is 45.9 Å². The fraction of sp³-hybridized carbons (Fsp3) is 0.480. The predicted octanol–water partition coefficient (Wildman–Crippen LogP) is 4.46. The molecule has 3 heterocycles. The van der Waals surface area contributed by atoms with Gasteiger partial charge in [0.05, 0.1) is 29.5 Å². The van der Waals surface area contributed by atoms with Gasteiger partial charge >= 0.3 is 0 Å². The second-order valence-corrected chi connectivity index (χ2v) is 9.99. The van der Waals surface area contributed by atoms with E-state index < -0.39 is 0 Å². The van der Waals surface area contributed by atoms with E-state index in [1.807, 2.05) is 21.6 Å². The maximum atomic E-state index is 13.8. The van der Waals surface area contributed by atoms with Crippen LogP contribution in [0.15, 0.2) is 29.9 Å². The molecule has 1 saturated carbocycles. The van der Waals surface area contributed by atoms with Crippen LogP contribution in [0.25, 0.3) is 11.0 Å². The second-order valence-electron chi connectivity index (χ2n) is 8.99. The molecule has 7 nitrogen and oxygen atoms in total. The zero-order chi connectivity index (χ0) is 22.8. The smallest absolute Gasteiger partial charge is 0.256 e. The summed E-state index contributed by atoms with van der Waals surface area (Å²) in [7, 11) is 1.66. The molecule has 1 aliphatic carbocycles. The van der Waals surface area contributed by atoms with Gasteiger partial charge in [0.25, 0.3) is 5.91 Å². The quantitative estimate of drug-likeness (QED) is 0.582. The van der Waals surface area contributed by atoms with Crippen molar-refractivity contribution in [1.29, 1.82) is 0 Å². The van der Waals surface area contributed by atoms with E-state index in [2.05, 4.69) is 21.7 Å². The first kappa shape index (κ1) is 22.1. The molecule has 0 saturated heterocycles. The lowest BCUT2D eigenvalue weighted by atomic mass is 9.88. The summed E-state index contributed by atoms with van der Waals surface area (Å²) < 4.78 is 7.23. The van der Waals surface area contributed by atoms with E-state index >= 15 is 0 Å². The van der Waals surface area contributed by atoms with E-state index in [4.69, 9.17) is 4.74 Å². The van der Waals surface area contributed by atoms with Gasteiger partial charge in [-0.1, -0.05) is 19.3 Å². The third kappa shape index (κ3) is 4.54. The van der Waals surface area contributed by atoms with Crippen molar-refractivity contribution < 1.29 is 14.3 Å². The summed E-state index contributed by atoms with van der Waals surface area (Å²) in [4.78, 5) is 34.5. The number of benzene rings is 1. The first-order valence-corrected chi connectivity index (χ1v) is 12.6. The number of amides is 2. The lowest BCUT2D eigenvalue weighted by Crippen LogP contribution is -2.35. The summed E-state index contributed by atoms with van der Waals surface area (Å²) in [6, 6.07) is 5.82. The first-order chi connectivity index (χ1) is 16.1. The standard InChI is InChI=1S/C25H30N4O3S/c1-32-11-10-29-16-26-21-14-19(27-24(30)17-5-3-2-4-6-17)13-20(23(21)29)25(31)28-9-7-22-18(15-28)8-12-33-22/h8,12-14,16-17H,2-7,9-11,15H2,1H3,(H,27,30). The molecule has 8 heteroatoms. The largest absolute Gasteiger partial charge is 0.383 e. The molecule has 2 aliphatic rings. The van der Waals surface area contributed by atoms with E-state index in [0.29, 0.717) is 43.0 Å². The van der Waals surface area contributed by atoms with Gasteiger partial charge in [0.15, 0.2) is 0 Å². The van der Waals surface area contributed by atoms with Crippen LogP contribution in [0.3, 0.4) is 0 Å². The number of methoxy groups -OCH3 is 1. The van der Waals surface area contributed by atoms with Gasteiger partial charge in [0, 0.05) is 43.2 Å². The number of carbonyl (C=O) groups excluding carboxylic acids is 2. The van der Waals surface area contributed by atoms with Crippen LogP contribution in [-0.2, 0) is 29.0 Å². The number of carbonyl (C=O) groups is 2. The van der Waals surface area contributed by atoms with Crippen molar-refractivity contribution in [3.8, 4) is 0 Å². The Kier molecular flexibility index (Phi) is 6.46. The van der Waals surface area contributed by atoms with Crippen LogP contribution in [0.5, 0.6) is 0 Å². The number of imidazole rings is 1. The molecular weight excluding hydrogens is 436 g/mol. The highest BCUT2D eigenvalue weighted by atomic mass is 32.1. The van der Waals surface area contributed by atoms with Crippen LogP contribution in [0, 0.1) is 5.92 Å². The molecule has 0 spiro atoms. The summed E-state index contributed by atoms with van der Waals surface area (Å²) in [6.45, 7) is 2.44. The minimum Gasteiger partial charge on any atom is -0.383 e. The van der Waals surface area contributed by atoms with Gasteiger partial charge < -0.3 is 19.5 Å². The van der Waals surface area contributed by atoms with Crippen molar-refractivity contribution in [3.63, 3.8) is 0 Å². The maximum absolute atomic E-state index is 13.8. The van der Waals surface area contributed by atoms with Crippen LogP contribution in [0.1, 0.15) is 52.9 Å². The van der Waals surface area contributed by atoms with Crippen LogP contribution < -0.4 is 5.32 Å². The van der Waals surface area contributed by atoms with E-state index in [-0.39, 0.29) is 17.7 Å². The molecule has 0 atom stereocenters. The van der Waals surface area contributed by atoms with Crippen LogP contribution >= 0.6 is 11.3 Å². The number of ether oxygens (including phenoxy) is 1. The molecule has 1 aromatic carbocycles. The second kappa shape index (κ2) is 9.65. The van der Waals surface area contributed by atoms with Gasteiger partial charge in [0.1, 0.15) is 0 Å². The summed E-state index contributed by atoms with van der Waals surface area (Å²) in [5.74, 6) is 0.0731. The number of aromatic nitrogens is 2. The lowest BCUT2D eigenvalue weighted by molar-refractivity contribution is -0.120. The zero-order valence-corrected chi connectivity index (χ0v) is 19.8. The third-order valence-electron chi connectivity index (χ3n) is 6.82. The number of nitrogens with one attached hydrogen (secondary N) is 1. The number of nitrogens with zero attached hydrogens (tertiary/aromatic N) is 3. The van der Waals surface area contributed by atoms with Gasteiger partial charge in [-0.05, 0) is 48.4 Å². The van der Waals surface area contributed by atoms with Crippen molar-refractivity contribution in [1.82, 2.24) is 14.5 Å². The minimum absolute atomic E-state index is 0.0233. The SMILES string of the molecule is COCCn1cnc2cc(NC(=O)C3CCCCC3)cc(C(=O)N3CCc4sccc4C3)c21. The van der Waals surface area contributed by atoms with Gasteiger partial charge in [0.2, 0.25) is 5.91 Å². The lowest BCUT2D eigenvalue weighted by Gasteiger charge is -2.27. The van der Waals surface area contributed by atoms with Gasteiger partial charge in [-0.3, -0.25) is 9.59 Å². The molecule has 3 aromatic rings. The Balaban J connectivity index is 1.48. The van der Waals surface area contributed by atoms with E-state index in [9.17, 15) is 9.59 Å². The molecule has 1 aliphatic heterocycles. The number of thiophene rings is 1. The Labute approximate surface area is 197 Å². The predicted molar refractivity (Wildman–Crippen MR) is 130 cm³/mol. The van der Waals surface area contributed by atoms with Crippen molar-refractivity contribution in [2.24, 2.45) is 5.92 Å². The summed E-state index contributed by atoms with van der Waals surface area (Å²) in [5, 5.41) is 5.18. The monoisotopic (exact) mass is 466 g/mol. The Morgan fingerprint density at radius 1 is 1.24 bits per heavy atom. The Bertz CT molecular complexity index is 1160. The number of anilines is 1. The van der Waals surface area contributed by atoms with Crippen molar-refractivity contribution in [2.45, 2.75) is 51.6 Å². The minimum atomic E-state index is -0.0233. The fourth-order valence-electron chi connectivity index (χ4n) is 5.00. The van der Waals surface area contributed by atoms with E-state index in [0.717, 1.165) is 37.6 Å². The maximum Gasteiger partial charge on any atom is 0.256 e. The van der Waals surface area contributed by atoms with E-state index in [1.165, 1.54) is 16.9 Å². The van der Waals surface area contributed by atoms with Crippen molar-refractivity contribution in [2.75, 3.05) is 25.6 Å².